The van der Waals surface area contributed by atoms with Gasteiger partial charge >= 0.3 is 12.0 Å². The smallest absolute Gasteiger partial charge is 0.314 e. The summed E-state index contributed by atoms with van der Waals surface area (Å²) in [7, 11) is 1.66. The van der Waals surface area contributed by atoms with Gasteiger partial charge in [-0.05, 0) is 24.7 Å². The number of carbonyl (C=O) groups is 2. The first kappa shape index (κ1) is 18.7. The minimum atomic E-state index is -0.797. The topological polar surface area (TPSA) is 87.7 Å². The number of carboxylic acids is 1. The Bertz CT molecular complexity index is 306. The third-order valence-electron chi connectivity index (χ3n) is 3.23. The van der Waals surface area contributed by atoms with E-state index >= 15 is 0 Å². The molecule has 20 heavy (non-hydrogen) atoms. The molecule has 0 aliphatic carbocycles. The number of nitrogens with one attached hydrogen (secondary N) is 2. The quantitative estimate of drug-likeness (QED) is 0.535. The van der Waals surface area contributed by atoms with E-state index in [4.69, 9.17) is 9.84 Å². The Morgan fingerprint density at radius 1 is 1.30 bits per heavy atom. The second-order valence-electron chi connectivity index (χ2n) is 5.90. The van der Waals surface area contributed by atoms with Crippen LogP contribution in [0.25, 0.3) is 0 Å². The number of urea groups is 1. The molecule has 3 N–H and O–H groups in total. The number of ether oxygens (including phenoxy) is 1. The molecule has 0 radical (unpaired) electrons. The van der Waals surface area contributed by atoms with E-state index in [0.29, 0.717) is 32.5 Å². The lowest BCUT2D eigenvalue weighted by Gasteiger charge is -2.24. The van der Waals surface area contributed by atoms with Gasteiger partial charge in [-0.1, -0.05) is 20.8 Å². The Balaban J connectivity index is 3.71. The molecule has 0 saturated carbocycles. The van der Waals surface area contributed by atoms with Gasteiger partial charge in [0.1, 0.15) is 0 Å². The highest BCUT2D eigenvalue weighted by atomic mass is 16.5. The van der Waals surface area contributed by atoms with Gasteiger partial charge in [0.25, 0.3) is 0 Å². The van der Waals surface area contributed by atoms with Gasteiger partial charge in [0.2, 0.25) is 0 Å². The molecule has 0 spiro atoms. The molecule has 1 unspecified atom stereocenters. The molecule has 118 valence electrons. The fourth-order valence-electron chi connectivity index (χ4n) is 1.58. The van der Waals surface area contributed by atoms with Crippen LogP contribution in [-0.2, 0) is 9.53 Å². The first-order chi connectivity index (χ1) is 9.28. The summed E-state index contributed by atoms with van der Waals surface area (Å²) < 4.78 is 5.03. The van der Waals surface area contributed by atoms with Crippen LogP contribution in [-0.4, -0.2) is 43.9 Å². The number of hydrogen-bond acceptors (Lipinski definition) is 3. The molecule has 1 atom stereocenters. The third-order valence-corrected chi connectivity index (χ3v) is 3.23. The number of carbonyl (C=O) groups excluding carboxylic acids is 1. The van der Waals surface area contributed by atoms with Crippen molar-refractivity contribution >= 4 is 12.0 Å². The van der Waals surface area contributed by atoms with Crippen LogP contribution in [0.15, 0.2) is 0 Å². The normalized spacial score (nSPS) is 12.8. The molecule has 0 aliphatic heterocycles. The van der Waals surface area contributed by atoms with Crippen LogP contribution in [0.5, 0.6) is 0 Å². The zero-order valence-corrected chi connectivity index (χ0v) is 13.0. The average molecular weight is 288 g/mol. The number of methoxy groups -OCH3 is 1. The standard InChI is InChI=1S/C14H28N2O4/c1-11(12(17)18)6-5-8-15-13(19)16-10-14(2,3)7-9-20-4/h11H,5-10H2,1-4H3,(H,17,18)(H2,15,16,19). The molecule has 0 fully saturated rings. The summed E-state index contributed by atoms with van der Waals surface area (Å²) in [6.07, 6.45) is 2.10. The molecular formula is C14H28N2O4. The highest BCUT2D eigenvalue weighted by Gasteiger charge is 2.18. The van der Waals surface area contributed by atoms with Crippen molar-refractivity contribution in [3.05, 3.63) is 0 Å². The molecule has 0 aromatic heterocycles. The summed E-state index contributed by atoms with van der Waals surface area (Å²) in [6.45, 7) is 7.54. The molecule has 0 aliphatic rings. The van der Waals surface area contributed by atoms with Crippen molar-refractivity contribution in [1.82, 2.24) is 10.6 Å². The van der Waals surface area contributed by atoms with Gasteiger partial charge in [0.15, 0.2) is 0 Å². The Morgan fingerprint density at radius 2 is 1.95 bits per heavy atom. The van der Waals surface area contributed by atoms with Crippen molar-refractivity contribution in [1.29, 1.82) is 0 Å². The third kappa shape index (κ3) is 9.61. The van der Waals surface area contributed by atoms with E-state index < -0.39 is 5.97 Å². The van der Waals surface area contributed by atoms with E-state index in [0.717, 1.165) is 6.42 Å². The number of aliphatic carboxylic acids is 1. The lowest BCUT2D eigenvalue weighted by atomic mass is 9.90. The SMILES string of the molecule is COCCC(C)(C)CNC(=O)NCCCC(C)C(=O)O. The second-order valence-corrected chi connectivity index (χ2v) is 5.90. The number of hydrogen-bond donors (Lipinski definition) is 3. The van der Waals surface area contributed by atoms with Crippen LogP contribution in [0.2, 0.25) is 0 Å². The summed E-state index contributed by atoms with van der Waals surface area (Å²) >= 11 is 0. The maximum atomic E-state index is 11.6. The van der Waals surface area contributed by atoms with Gasteiger partial charge in [-0.3, -0.25) is 4.79 Å². The van der Waals surface area contributed by atoms with Crippen molar-refractivity contribution in [2.45, 2.75) is 40.0 Å². The van der Waals surface area contributed by atoms with Gasteiger partial charge in [-0.2, -0.15) is 0 Å². The molecule has 0 rings (SSSR count). The van der Waals surface area contributed by atoms with E-state index in [9.17, 15) is 9.59 Å². The zero-order valence-electron chi connectivity index (χ0n) is 13.0. The molecule has 0 aromatic carbocycles. The average Bonchev–Trinajstić information content (AvgIpc) is 2.38. The first-order valence-electron chi connectivity index (χ1n) is 7.02. The fraction of sp³-hybridized carbons (Fsp3) is 0.857. The molecule has 6 nitrogen and oxygen atoms in total. The summed E-state index contributed by atoms with van der Waals surface area (Å²) in [4.78, 5) is 22.2. The Morgan fingerprint density at radius 3 is 2.50 bits per heavy atom. The molecule has 0 heterocycles. The summed E-state index contributed by atoms with van der Waals surface area (Å²) in [5.74, 6) is -1.16. The predicted molar refractivity (Wildman–Crippen MR) is 77.7 cm³/mol. The highest BCUT2D eigenvalue weighted by Crippen LogP contribution is 2.18. The summed E-state index contributed by atoms with van der Waals surface area (Å²) in [5, 5.41) is 14.3. The van der Waals surface area contributed by atoms with Gasteiger partial charge < -0.3 is 20.5 Å². The largest absolute Gasteiger partial charge is 0.481 e. The predicted octanol–water partition coefficient (Wildman–Crippen LogP) is 1.85. The van der Waals surface area contributed by atoms with E-state index in [2.05, 4.69) is 24.5 Å². The van der Waals surface area contributed by atoms with Gasteiger partial charge in [-0.25, -0.2) is 4.79 Å². The van der Waals surface area contributed by atoms with Crippen LogP contribution in [0.3, 0.4) is 0 Å². The highest BCUT2D eigenvalue weighted by molar-refractivity contribution is 5.73. The maximum absolute atomic E-state index is 11.6. The number of carboxylic acid groups (broad SMARTS) is 1. The van der Waals surface area contributed by atoms with Crippen LogP contribution in [0, 0.1) is 11.3 Å². The van der Waals surface area contributed by atoms with Crippen molar-refractivity contribution in [2.75, 3.05) is 26.8 Å². The minimum absolute atomic E-state index is 0.00876. The van der Waals surface area contributed by atoms with Crippen LogP contribution < -0.4 is 10.6 Å². The lowest BCUT2D eigenvalue weighted by Crippen LogP contribution is -2.41. The van der Waals surface area contributed by atoms with Crippen molar-refractivity contribution in [3.63, 3.8) is 0 Å². The van der Waals surface area contributed by atoms with Gasteiger partial charge in [0, 0.05) is 26.8 Å². The van der Waals surface area contributed by atoms with Crippen LogP contribution in [0.1, 0.15) is 40.0 Å². The minimum Gasteiger partial charge on any atom is -0.481 e. The van der Waals surface area contributed by atoms with E-state index in [1.54, 1.807) is 14.0 Å². The van der Waals surface area contributed by atoms with Crippen molar-refractivity contribution < 1.29 is 19.4 Å². The Labute approximate surface area is 121 Å². The maximum Gasteiger partial charge on any atom is 0.314 e. The summed E-state index contributed by atoms with van der Waals surface area (Å²) in [6, 6.07) is -0.210. The van der Waals surface area contributed by atoms with Gasteiger partial charge in [0.05, 0.1) is 5.92 Å². The Kier molecular flexibility index (Phi) is 8.96. The number of amides is 2. The van der Waals surface area contributed by atoms with Crippen LogP contribution >= 0.6 is 0 Å². The van der Waals surface area contributed by atoms with E-state index in [1.165, 1.54) is 0 Å². The molecule has 6 heteroatoms. The Hall–Kier alpha value is -1.30. The zero-order chi connectivity index (χ0) is 15.6. The molecule has 0 saturated heterocycles. The number of rotatable bonds is 10. The van der Waals surface area contributed by atoms with E-state index in [1.807, 2.05) is 0 Å². The molecule has 0 bridgehead atoms. The molecule has 2 amide bonds. The monoisotopic (exact) mass is 288 g/mol. The van der Waals surface area contributed by atoms with Gasteiger partial charge in [-0.15, -0.1) is 0 Å². The fourth-order valence-corrected chi connectivity index (χ4v) is 1.58. The molecular weight excluding hydrogens is 260 g/mol. The van der Waals surface area contributed by atoms with E-state index in [-0.39, 0.29) is 17.4 Å². The lowest BCUT2D eigenvalue weighted by molar-refractivity contribution is -0.141. The van der Waals surface area contributed by atoms with Crippen molar-refractivity contribution in [3.8, 4) is 0 Å². The summed E-state index contributed by atoms with van der Waals surface area (Å²) in [5.41, 5.74) is -0.00876. The van der Waals surface area contributed by atoms with Crippen LogP contribution in [0.4, 0.5) is 4.79 Å². The van der Waals surface area contributed by atoms with Crippen molar-refractivity contribution in [2.24, 2.45) is 11.3 Å². The second kappa shape index (κ2) is 9.58. The first-order valence-corrected chi connectivity index (χ1v) is 7.02. The molecule has 0 aromatic rings.